The van der Waals surface area contributed by atoms with Crippen molar-refractivity contribution in [2.45, 2.75) is 38.5 Å². The van der Waals surface area contributed by atoms with Crippen LogP contribution in [0.2, 0.25) is 0 Å². The van der Waals surface area contributed by atoms with Gasteiger partial charge >= 0.3 is 0 Å². The minimum atomic E-state index is -0.579. The first-order chi connectivity index (χ1) is 7.24. The van der Waals surface area contributed by atoms with E-state index in [4.69, 9.17) is 4.74 Å². The Morgan fingerprint density at radius 3 is 3.20 bits per heavy atom. The lowest BCUT2D eigenvalue weighted by atomic mass is 10.1. The summed E-state index contributed by atoms with van der Waals surface area (Å²) in [6.45, 7) is 3.51. The van der Waals surface area contributed by atoms with Crippen molar-refractivity contribution in [3.8, 4) is 0 Å². The number of hydrogen-bond acceptors (Lipinski definition) is 3. The molecule has 1 aromatic heterocycles. The smallest absolute Gasteiger partial charge is 0.123 e. The highest BCUT2D eigenvalue weighted by molar-refractivity contribution is 9.10. The van der Waals surface area contributed by atoms with Gasteiger partial charge in [-0.25, -0.2) is 0 Å². The van der Waals surface area contributed by atoms with Crippen LogP contribution in [0, 0.1) is 0 Å². The van der Waals surface area contributed by atoms with Gasteiger partial charge in [0.05, 0.1) is 22.5 Å². The van der Waals surface area contributed by atoms with Crippen molar-refractivity contribution in [1.29, 1.82) is 0 Å². The van der Waals surface area contributed by atoms with E-state index < -0.39 is 6.10 Å². The third-order valence-corrected chi connectivity index (χ3v) is 3.34. The fraction of sp³-hybridized carbons (Fsp3) is 0.700. The molecule has 2 unspecified atom stereocenters. The number of halogens is 1. The van der Waals surface area contributed by atoms with Crippen molar-refractivity contribution < 1.29 is 9.84 Å². The van der Waals surface area contributed by atoms with E-state index in [2.05, 4.69) is 21.0 Å². The van der Waals surface area contributed by atoms with Crippen LogP contribution in [0.5, 0.6) is 0 Å². The fourth-order valence-electron chi connectivity index (χ4n) is 1.95. The first-order valence-corrected chi connectivity index (χ1v) is 6.04. The Bertz CT molecular complexity index is 334. The summed E-state index contributed by atoms with van der Waals surface area (Å²) in [5.41, 5.74) is 0.824. The lowest BCUT2D eigenvalue weighted by Gasteiger charge is -2.18. The molecule has 0 amide bonds. The second-order valence-corrected chi connectivity index (χ2v) is 4.54. The summed E-state index contributed by atoms with van der Waals surface area (Å²) in [5, 5.41) is 14.4. The van der Waals surface area contributed by atoms with Gasteiger partial charge in [-0.2, -0.15) is 5.10 Å². The summed E-state index contributed by atoms with van der Waals surface area (Å²) in [6, 6.07) is 0. The van der Waals surface area contributed by atoms with Crippen molar-refractivity contribution in [1.82, 2.24) is 9.78 Å². The van der Waals surface area contributed by atoms with Crippen LogP contribution in [0.4, 0.5) is 0 Å². The van der Waals surface area contributed by atoms with E-state index in [1.54, 1.807) is 10.9 Å². The molecular formula is C10H15BrN2O2. The molecule has 0 aliphatic carbocycles. The molecule has 1 fully saturated rings. The van der Waals surface area contributed by atoms with Gasteiger partial charge in [-0.3, -0.25) is 4.68 Å². The number of aromatic nitrogens is 2. The average molecular weight is 275 g/mol. The van der Waals surface area contributed by atoms with Gasteiger partial charge in [0, 0.05) is 13.2 Å². The van der Waals surface area contributed by atoms with Crippen LogP contribution in [-0.2, 0) is 11.3 Å². The van der Waals surface area contributed by atoms with Gasteiger partial charge < -0.3 is 9.84 Å². The molecule has 1 aliphatic rings. The Kier molecular flexibility index (Phi) is 3.43. The highest BCUT2D eigenvalue weighted by atomic mass is 79.9. The first kappa shape index (κ1) is 11.1. The molecule has 0 aromatic carbocycles. The van der Waals surface area contributed by atoms with E-state index >= 15 is 0 Å². The normalized spacial score (nSPS) is 23.3. The van der Waals surface area contributed by atoms with Crippen molar-refractivity contribution in [2.75, 3.05) is 6.61 Å². The SMILES string of the molecule is CCn1ncc(Br)c1C(O)C1CCCO1. The van der Waals surface area contributed by atoms with Crippen LogP contribution in [0.25, 0.3) is 0 Å². The maximum Gasteiger partial charge on any atom is 0.123 e. The zero-order valence-electron chi connectivity index (χ0n) is 8.69. The minimum Gasteiger partial charge on any atom is -0.384 e. The van der Waals surface area contributed by atoms with E-state index in [0.717, 1.165) is 36.2 Å². The zero-order chi connectivity index (χ0) is 10.8. The maximum atomic E-state index is 10.2. The lowest BCUT2D eigenvalue weighted by molar-refractivity contribution is -0.00724. The monoisotopic (exact) mass is 274 g/mol. The Labute approximate surface area is 97.4 Å². The van der Waals surface area contributed by atoms with E-state index in [1.807, 2.05) is 6.92 Å². The minimum absolute atomic E-state index is 0.0803. The predicted molar refractivity (Wildman–Crippen MR) is 59.5 cm³/mol. The Morgan fingerprint density at radius 2 is 2.60 bits per heavy atom. The molecule has 1 aliphatic heterocycles. The number of ether oxygens (including phenoxy) is 1. The molecule has 0 saturated carbocycles. The standard InChI is InChI=1S/C10H15BrN2O2/c1-2-13-9(7(11)6-12-13)10(14)8-4-3-5-15-8/h6,8,10,14H,2-5H2,1H3. The topological polar surface area (TPSA) is 47.3 Å². The van der Waals surface area contributed by atoms with Crippen molar-refractivity contribution in [2.24, 2.45) is 0 Å². The van der Waals surface area contributed by atoms with E-state index in [0.29, 0.717) is 0 Å². The summed E-state index contributed by atoms with van der Waals surface area (Å²) in [6.07, 6.45) is 3.01. The Balaban J connectivity index is 2.22. The highest BCUT2D eigenvalue weighted by Gasteiger charge is 2.29. The summed E-state index contributed by atoms with van der Waals surface area (Å²) in [4.78, 5) is 0. The summed E-state index contributed by atoms with van der Waals surface area (Å²) in [7, 11) is 0. The number of rotatable bonds is 3. The molecule has 0 spiro atoms. The van der Waals surface area contributed by atoms with E-state index in [-0.39, 0.29) is 6.10 Å². The second kappa shape index (κ2) is 4.63. The molecular weight excluding hydrogens is 260 g/mol. The molecule has 2 atom stereocenters. The van der Waals surface area contributed by atoms with Crippen LogP contribution in [0.1, 0.15) is 31.6 Å². The number of nitrogens with zero attached hydrogens (tertiary/aromatic N) is 2. The maximum absolute atomic E-state index is 10.2. The van der Waals surface area contributed by atoms with Crippen molar-refractivity contribution >= 4 is 15.9 Å². The summed E-state index contributed by atoms with van der Waals surface area (Å²) >= 11 is 3.41. The van der Waals surface area contributed by atoms with Gasteiger partial charge in [0.2, 0.25) is 0 Å². The van der Waals surface area contributed by atoms with Gasteiger partial charge in [0.1, 0.15) is 6.10 Å². The second-order valence-electron chi connectivity index (χ2n) is 3.69. The van der Waals surface area contributed by atoms with E-state index in [1.165, 1.54) is 0 Å². The molecule has 15 heavy (non-hydrogen) atoms. The van der Waals surface area contributed by atoms with Crippen LogP contribution in [0.15, 0.2) is 10.7 Å². The number of aliphatic hydroxyl groups is 1. The largest absolute Gasteiger partial charge is 0.384 e. The molecule has 2 rings (SSSR count). The average Bonchev–Trinajstić information content (AvgIpc) is 2.85. The molecule has 1 aromatic rings. The molecule has 5 heteroatoms. The van der Waals surface area contributed by atoms with E-state index in [9.17, 15) is 5.11 Å². The predicted octanol–water partition coefficient (Wildman–Crippen LogP) is 1.88. The Hall–Kier alpha value is -0.390. The van der Waals surface area contributed by atoms with Gasteiger partial charge in [-0.05, 0) is 35.7 Å². The fourth-order valence-corrected chi connectivity index (χ4v) is 2.48. The molecule has 2 heterocycles. The molecule has 0 bridgehead atoms. The molecule has 1 saturated heterocycles. The van der Waals surface area contributed by atoms with Gasteiger partial charge in [-0.1, -0.05) is 0 Å². The van der Waals surface area contributed by atoms with Gasteiger partial charge in [0.25, 0.3) is 0 Å². The van der Waals surface area contributed by atoms with Crippen LogP contribution in [0.3, 0.4) is 0 Å². The quantitative estimate of drug-likeness (QED) is 0.916. The molecule has 1 N–H and O–H groups in total. The van der Waals surface area contributed by atoms with Gasteiger partial charge in [-0.15, -0.1) is 0 Å². The Morgan fingerprint density at radius 1 is 1.80 bits per heavy atom. The molecule has 84 valence electrons. The number of hydrogen-bond donors (Lipinski definition) is 1. The third-order valence-electron chi connectivity index (χ3n) is 2.73. The summed E-state index contributed by atoms with van der Waals surface area (Å²) in [5.74, 6) is 0. The molecule has 0 radical (unpaired) electrons. The first-order valence-electron chi connectivity index (χ1n) is 5.25. The third kappa shape index (κ3) is 2.09. The van der Waals surface area contributed by atoms with Crippen molar-refractivity contribution in [3.05, 3.63) is 16.4 Å². The van der Waals surface area contributed by atoms with Crippen LogP contribution >= 0.6 is 15.9 Å². The lowest BCUT2D eigenvalue weighted by Crippen LogP contribution is -2.21. The van der Waals surface area contributed by atoms with Crippen molar-refractivity contribution in [3.63, 3.8) is 0 Å². The van der Waals surface area contributed by atoms with Crippen LogP contribution in [-0.4, -0.2) is 27.6 Å². The highest BCUT2D eigenvalue weighted by Crippen LogP contribution is 2.31. The van der Waals surface area contributed by atoms with Crippen LogP contribution < -0.4 is 0 Å². The zero-order valence-corrected chi connectivity index (χ0v) is 10.3. The molecule has 4 nitrogen and oxygen atoms in total. The van der Waals surface area contributed by atoms with Gasteiger partial charge in [0.15, 0.2) is 0 Å². The number of aliphatic hydroxyl groups excluding tert-OH is 1. The number of aryl methyl sites for hydroxylation is 1. The summed E-state index contributed by atoms with van der Waals surface area (Å²) < 4.78 is 8.14.